The number of carbonyl (C=O) groups excluding carboxylic acids is 1. The Morgan fingerprint density at radius 3 is 2.13 bits per heavy atom. The number of benzene rings is 2. The van der Waals surface area contributed by atoms with Crippen molar-refractivity contribution in [3.05, 3.63) is 59.7 Å². The highest BCUT2D eigenvalue weighted by Crippen LogP contribution is 2.17. The first-order valence-electron chi connectivity index (χ1n) is 8.27. The molecule has 3 heteroatoms. The lowest BCUT2D eigenvalue weighted by Crippen LogP contribution is -2.08. The first-order chi connectivity index (χ1) is 11.2. The largest absolute Gasteiger partial charge is 0.494 e. The summed E-state index contributed by atoms with van der Waals surface area (Å²) in [6, 6.07) is 14.7. The van der Waals surface area contributed by atoms with Gasteiger partial charge in [-0.1, -0.05) is 31.9 Å². The highest BCUT2D eigenvalue weighted by molar-refractivity contribution is 5.91. The zero-order chi connectivity index (χ0) is 16.5. The van der Waals surface area contributed by atoms with Gasteiger partial charge in [0.1, 0.15) is 11.5 Å². The van der Waals surface area contributed by atoms with Crippen LogP contribution in [0.25, 0.3) is 0 Å². The molecule has 122 valence electrons. The molecular weight excluding hydrogens is 288 g/mol. The monoisotopic (exact) mass is 312 g/mol. The minimum Gasteiger partial charge on any atom is -0.494 e. The summed E-state index contributed by atoms with van der Waals surface area (Å²) in [5, 5.41) is 0. The maximum atomic E-state index is 12.1. The van der Waals surface area contributed by atoms with Crippen LogP contribution >= 0.6 is 0 Å². The molecule has 2 rings (SSSR count). The van der Waals surface area contributed by atoms with Gasteiger partial charge in [0.05, 0.1) is 12.2 Å². The van der Waals surface area contributed by atoms with E-state index in [0.29, 0.717) is 17.9 Å². The van der Waals surface area contributed by atoms with Crippen molar-refractivity contribution in [3.8, 4) is 11.5 Å². The number of aryl methyl sites for hydroxylation is 1. The Hall–Kier alpha value is -2.29. The van der Waals surface area contributed by atoms with Crippen molar-refractivity contribution in [2.45, 2.75) is 39.5 Å². The third-order valence-corrected chi connectivity index (χ3v) is 3.60. The normalized spacial score (nSPS) is 10.3. The molecule has 0 bridgehead atoms. The smallest absolute Gasteiger partial charge is 0.343 e. The van der Waals surface area contributed by atoms with Crippen LogP contribution in [0, 0.1) is 0 Å². The van der Waals surface area contributed by atoms with E-state index in [1.165, 1.54) is 24.8 Å². The molecular formula is C20H24O3. The molecule has 0 saturated heterocycles. The van der Waals surface area contributed by atoms with Gasteiger partial charge < -0.3 is 9.47 Å². The van der Waals surface area contributed by atoms with Gasteiger partial charge in [0.2, 0.25) is 0 Å². The summed E-state index contributed by atoms with van der Waals surface area (Å²) in [6.07, 6.45) is 4.73. The van der Waals surface area contributed by atoms with Crippen LogP contribution in [0.5, 0.6) is 11.5 Å². The van der Waals surface area contributed by atoms with Crippen molar-refractivity contribution in [1.29, 1.82) is 0 Å². The summed E-state index contributed by atoms with van der Waals surface area (Å²) >= 11 is 0. The lowest BCUT2D eigenvalue weighted by molar-refractivity contribution is 0.0734. The molecule has 0 radical (unpaired) electrons. The van der Waals surface area contributed by atoms with Crippen LogP contribution < -0.4 is 9.47 Å². The standard InChI is InChI=1S/C20H24O3/c1-3-5-6-7-16-8-12-19(13-9-16)23-20(21)17-10-14-18(15-11-17)22-4-2/h8-15H,3-7H2,1-2H3. The van der Waals surface area contributed by atoms with Gasteiger partial charge in [0.25, 0.3) is 0 Å². The molecule has 0 N–H and O–H groups in total. The molecule has 0 aliphatic heterocycles. The van der Waals surface area contributed by atoms with Crippen molar-refractivity contribution in [3.63, 3.8) is 0 Å². The Bertz CT molecular complexity index is 600. The van der Waals surface area contributed by atoms with Gasteiger partial charge in [0.15, 0.2) is 0 Å². The maximum Gasteiger partial charge on any atom is 0.343 e. The van der Waals surface area contributed by atoms with Crippen molar-refractivity contribution in [2.75, 3.05) is 6.61 Å². The second kappa shape index (κ2) is 8.99. The van der Waals surface area contributed by atoms with E-state index in [1.807, 2.05) is 31.2 Å². The second-order valence-electron chi connectivity index (χ2n) is 5.45. The summed E-state index contributed by atoms with van der Waals surface area (Å²) < 4.78 is 10.8. The van der Waals surface area contributed by atoms with Crippen LogP contribution in [-0.4, -0.2) is 12.6 Å². The van der Waals surface area contributed by atoms with E-state index in [-0.39, 0.29) is 5.97 Å². The number of rotatable bonds is 8. The molecule has 0 unspecified atom stereocenters. The van der Waals surface area contributed by atoms with Crippen molar-refractivity contribution in [1.82, 2.24) is 0 Å². The van der Waals surface area contributed by atoms with E-state index >= 15 is 0 Å². The van der Waals surface area contributed by atoms with Crippen LogP contribution in [0.1, 0.15) is 49.0 Å². The Labute approximate surface area is 138 Å². The molecule has 2 aromatic rings. The van der Waals surface area contributed by atoms with Crippen molar-refractivity contribution >= 4 is 5.97 Å². The number of esters is 1. The van der Waals surface area contributed by atoms with E-state index < -0.39 is 0 Å². The van der Waals surface area contributed by atoms with E-state index in [4.69, 9.17) is 9.47 Å². The molecule has 0 spiro atoms. The quantitative estimate of drug-likeness (QED) is 0.389. The van der Waals surface area contributed by atoms with Gasteiger partial charge in [0, 0.05) is 0 Å². The molecule has 0 amide bonds. The van der Waals surface area contributed by atoms with Gasteiger partial charge >= 0.3 is 5.97 Å². The van der Waals surface area contributed by atoms with Crippen molar-refractivity contribution < 1.29 is 14.3 Å². The molecule has 23 heavy (non-hydrogen) atoms. The number of ether oxygens (including phenoxy) is 2. The zero-order valence-corrected chi connectivity index (χ0v) is 13.9. The van der Waals surface area contributed by atoms with Crippen molar-refractivity contribution in [2.24, 2.45) is 0 Å². The lowest BCUT2D eigenvalue weighted by Gasteiger charge is -2.07. The topological polar surface area (TPSA) is 35.5 Å². The van der Waals surface area contributed by atoms with Gasteiger partial charge in [-0.05, 0) is 61.7 Å². The second-order valence-corrected chi connectivity index (χ2v) is 5.45. The Balaban J connectivity index is 1.91. The first kappa shape index (κ1) is 17.1. The summed E-state index contributed by atoms with van der Waals surface area (Å²) in [6.45, 7) is 4.73. The number of carbonyl (C=O) groups is 1. The summed E-state index contributed by atoms with van der Waals surface area (Å²) in [4.78, 5) is 12.1. The minimum absolute atomic E-state index is 0.355. The van der Waals surface area contributed by atoms with Gasteiger partial charge in [-0.2, -0.15) is 0 Å². The Kier molecular flexibility index (Phi) is 6.67. The predicted molar refractivity (Wildman–Crippen MR) is 92.2 cm³/mol. The number of hydrogen-bond donors (Lipinski definition) is 0. The minimum atomic E-state index is -0.355. The van der Waals surface area contributed by atoms with Crippen LogP contribution in [0.15, 0.2) is 48.5 Å². The average molecular weight is 312 g/mol. The third kappa shape index (κ3) is 5.44. The maximum absolute atomic E-state index is 12.1. The van der Waals surface area contributed by atoms with E-state index in [0.717, 1.165) is 12.2 Å². The molecule has 0 aromatic heterocycles. The van der Waals surface area contributed by atoms with Crippen LogP contribution in [0.3, 0.4) is 0 Å². The fourth-order valence-electron chi connectivity index (χ4n) is 2.32. The van der Waals surface area contributed by atoms with Gasteiger partial charge in [-0.25, -0.2) is 4.79 Å². The molecule has 0 saturated carbocycles. The Morgan fingerprint density at radius 2 is 1.52 bits per heavy atom. The summed E-state index contributed by atoms with van der Waals surface area (Å²) in [5.41, 5.74) is 1.79. The van der Waals surface area contributed by atoms with E-state index in [2.05, 4.69) is 6.92 Å². The molecule has 0 aliphatic carbocycles. The number of hydrogen-bond acceptors (Lipinski definition) is 3. The third-order valence-electron chi connectivity index (χ3n) is 3.60. The van der Waals surface area contributed by atoms with Crippen LogP contribution in [0.4, 0.5) is 0 Å². The molecule has 2 aromatic carbocycles. The van der Waals surface area contributed by atoms with E-state index in [1.54, 1.807) is 24.3 Å². The highest BCUT2D eigenvalue weighted by Gasteiger charge is 2.08. The van der Waals surface area contributed by atoms with Gasteiger partial charge in [-0.3, -0.25) is 0 Å². The van der Waals surface area contributed by atoms with Crippen LogP contribution in [0.2, 0.25) is 0 Å². The molecule has 0 heterocycles. The van der Waals surface area contributed by atoms with Crippen LogP contribution in [-0.2, 0) is 6.42 Å². The lowest BCUT2D eigenvalue weighted by atomic mass is 10.1. The van der Waals surface area contributed by atoms with E-state index in [9.17, 15) is 4.79 Å². The fraction of sp³-hybridized carbons (Fsp3) is 0.350. The SMILES string of the molecule is CCCCCc1ccc(OC(=O)c2ccc(OCC)cc2)cc1. The van der Waals surface area contributed by atoms with Gasteiger partial charge in [-0.15, -0.1) is 0 Å². The highest BCUT2D eigenvalue weighted by atomic mass is 16.5. The molecule has 0 fully saturated rings. The zero-order valence-electron chi connectivity index (χ0n) is 13.9. The summed E-state index contributed by atoms with van der Waals surface area (Å²) in [7, 11) is 0. The summed E-state index contributed by atoms with van der Waals surface area (Å²) in [5.74, 6) is 0.968. The molecule has 3 nitrogen and oxygen atoms in total. The molecule has 0 atom stereocenters. The Morgan fingerprint density at radius 1 is 0.870 bits per heavy atom. The predicted octanol–water partition coefficient (Wildman–Crippen LogP) is 5.04. The average Bonchev–Trinajstić information content (AvgIpc) is 2.57. The fourth-order valence-corrected chi connectivity index (χ4v) is 2.32. The number of unbranched alkanes of at least 4 members (excludes halogenated alkanes) is 2. The molecule has 0 aliphatic rings. The first-order valence-corrected chi connectivity index (χ1v) is 8.27.